The zero-order chi connectivity index (χ0) is 27.9. The first-order valence-corrected chi connectivity index (χ1v) is 13.4. The van der Waals surface area contributed by atoms with Gasteiger partial charge < -0.3 is 14.5 Å². The van der Waals surface area contributed by atoms with Crippen LogP contribution in [0.4, 0.5) is 10.7 Å². The van der Waals surface area contributed by atoms with Crippen LogP contribution in [0.1, 0.15) is 26.3 Å². The first-order valence-electron chi connectivity index (χ1n) is 12.7. The van der Waals surface area contributed by atoms with Crippen LogP contribution in [0, 0.1) is 0 Å². The van der Waals surface area contributed by atoms with Gasteiger partial charge in [0.05, 0.1) is 17.4 Å². The fourth-order valence-electron chi connectivity index (χ4n) is 4.62. The molecule has 0 aliphatic carbocycles. The Morgan fingerprint density at radius 3 is 2.33 bits per heavy atom. The van der Waals surface area contributed by atoms with Gasteiger partial charge in [-0.05, 0) is 62.2 Å². The minimum absolute atomic E-state index is 0.0909. The van der Waals surface area contributed by atoms with Crippen molar-refractivity contribution >= 4 is 46.1 Å². The van der Waals surface area contributed by atoms with E-state index in [1.165, 1.54) is 0 Å². The average Bonchev–Trinajstić information content (AvgIpc) is 3.14. The molecule has 2 aromatic carbocycles. The number of carbonyl (C=O) groups excluding carboxylic acids is 1. The zero-order valence-electron chi connectivity index (χ0n) is 22.3. The quantitative estimate of drug-likeness (QED) is 0.336. The van der Waals surface area contributed by atoms with Gasteiger partial charge in [-0.25, -0.2) is 14.8 Å². The fraction of sp³-hybridized carbons (Fsp3) is 0.357. The lowest BCUT2D eigenvalue weighted by Crippen LogP contribution is -2.50. The minimum Gasteiger partial charge on any atom is -0.444 e. The smallest absolute Gasteiger partial charge is 0.410 e. The van der Waals surface area contributed by atoms with Gasteiger partial charge in [0.1, 0.15) is 5.60 Å². The summed E-state index contributed by atoms with van der Waals surface area (Å²) >= 11 is 12.6. The molecular formula is C28H30Cl2N6O3. The SMILES string of the molecule is Cn1c(=O)c2ccc(-c3cnc(N4CCN(C(=O)OC(C)(C)C)CC4)nc3)cc2n1Cc1cc(Cl)ccc1Cl. The van der Waals surface area contributed by atoms with Gasteiger partial charge in [0, 0.05) is 61.2 Å². The molecule has 1 aliphatic heterocycles. The van der Waals surface area contributed by atoms with Crippen LogP contribution < -0.4 is 10.5 Å². The summed E-state index contributed by atoms with van der Waals surface area (Å²) < 4.78 is 8.95. The summed E-state index contributed by atoms with van der Waals surface area (Å²) in [5, 5.41) is 1.78. The Hall–Kier alpha value is -3.56. The normalized spacial score (nSPS) is 14.2. The average molecular weight is 569 g/mol. The number of anilines is 1. The summed E-state index contributed by atoms with van der Waals surface area (Å²) in [7, 11) is 1.74. The van der Waals surface area contributed by atoms with Crippen molar-refractivity contribution in [2.24, 2.45) is 7.05 Å². The molecule has 1 aliphatic rings. The Morgan fingerprint density at radius 2 is 1.67 bits per heavy atom. The van der Waals surface area contributed by atoms with Crippen LogP contribution in [0.2, 0.25) is 10.0 Å². The summed E-state index contributed by atoms with van der Waals surface area (Å²) in [6.45, 7) is 8.29. The van der Waals surface area contributed by atoms with Crippen molar-refractivity contribution in [3.05, 3.63) is 74.8 Å². The van der Waals surface area contributed by atoms with Crippen molar-refractivity contribution < 1.29 is 9.53 Å². The number of amides is 1. The van der Waals surface area contributed by atoms with Crippen molar-refractivity contribution in [3.63, 3.8) is 0 Å². The van der Waals surface area contributed by atoms with Crippen LogP contribution in [0.5, 0.6) is 0 Å². The molecule has 0 saturated carbocycles. The van der Waals surface area contributed by atoms with Crippen LogP contribution in [0.3, 0.4) is 0 Å². The number of aromatic nitrogens is 4. The topological polar surface area (TPSA) is 85.5 Å². The molecule has 4 aromatic rings. The Bertz CT molecular complexity index is 1580. The number of fused-ring (bicyclic) bond motifs is 1. The van der Waals surface area contributed by atoms with Crippen LogP contribution in [0.25, 0.3) is 22.0 Å². The lowest BCUT2D eigenvalue weighted by atomic mass is 10.1. The third kappa shape index (κ3) is 5.74. The largest absolute Gasteiger partial charge is 0.444 e. The van der Waals surface area contributed by atoms with Crippen LogP contribution in [0.15, 0.2) is 53.6 Å². The van der Waals surface area contributed by atoms with E-state index in [1.54, 1.807) is 41.2 Å². The second-order valence-corrected chi connectivity index (χ2v) is 11.4. The number of nitrogens with zero attached hydrogens (tertiary/aromatic N) is 6. The summed E-state index contributed by atoms with van der Waals surface area (Å²) in [5.41, 5.74) is 2.70. The first-order chi connectivity index (χ1) is 18.5. The maximum absolute atomic E-state index is 12.9. The monoisotopic (exact) mass is 568 g/mol. The van der Waals surface area contributed by atoms with Crippen LogP contribution >= 0.6 is 23.2 Å². The van der Waals surface area contributed by atoms with Crippen LogP contribution in [-0.4, -0.2) is 62.1 Å². The Labute approximate surface area is 236 Å². The molecule has 9 nitrogen and oxygen atoms in total. The maximum atomic E-state index is 12.9. The van der Waals surface area contributed by atoms with Crippen molar-refractivity contribution in [2.75, 3.05) is 31.1 Å². The summed E-state index contributed by atoms with van der Waals surface area (Å²) in [4.78, 5) is 38.2. The zero-order valence-corrected chi connectivity index (χ0v) is 23.8. The van der Waals surface area contributed by atoms with Gasteiger partial charge in [0.2, 0.25) is 5.95 Å². The second kappa shape index (κ2) is 10.5. The van der Waals surface area contributed by atoms with Crippen molar-refractivity contribution in [1.29, 1.82) is 0 Å². The number of hydrogen-bond donors (Lipinski definition) is 0. The molecule has 204 valence electrons. The van der Waals surface area contributed by atoms with Gasteiger partial charge in [-0.2, -0.15) is 0 Å². The Balaban J connectivity index is 1.35. The van der Waals surface area contributed by atoms with E-state index in [0.717, 1.165) is 22.2 Å². The Morgan fingerprint density at radius 1 is 0.974 bits per heavy atom. The van der Waals surface area contributed by atoms with Gasteiger partial charge in [0.15, 0.2) is 0 Å². The van der Waals surface area contributed by atoms with Crippen molar-refractivity contribution in [2.45, 2.75) is 32.9 Å². The molecule has 5 rings (SSSR count). The van der Waals surface area contributed by atoms with E-state index in [0.29, 0.717) is 54.1 Å². The molecule has 0 atom stereocenters. The number of piperazine rings is 1. The van der Waals surface area contributed by atoms with E-state index in [2.05, 4.69) is 14.9 Å². The van der Waals surface area contributed by atoms with Gasteiger partial charge in [-0.3, -0.25) is 14.2 Å². The molecular weight excluding hydrogens is 539 g/mol. The molecule has 0 radical (unpaired) electrons. The lowest BCUT2D eigenvalue weighted by molar-refractivity contribution is 0.0240. The highest BCUT2D eigenvalue weighted by molar-refractivity contribution is 6.33. The third-order valence-electron chi connectivity index (χ3n) is 6.68. The van der Waals surface area contributed by atoms with E-state index < -0.39 is 5.60 Å². The number of ether oxygens (including phenoxy) is 1. The molecule has 0 spiro atoms. The van der Waals surface area contributed by atoms with Crippen molar-refractivity contribution in [1.82, 2.24) is 24.2 Å². The lowest BCUT2D eigenvalue weighted by Gasteiger charge is -2.35. The molecule has 1 fully saturated rings. The fourth-order valence-corrected chi connectivity index (χ4v) is 4.99. The number of carbonyl (C=O) groups is 1. The Kier molecular flexibility index (Phi) is 7.31. The molecule has 1 saturated heterocycles. The number of halogens is 2. The van der Waals surface area contributed by atoms with E-state index in [9.17, 15) is 9.59 Å². The summed E-state index contributed by atoms with van der Waals surface area (Å²) in [5.74, 6) is 0.607. The highest BCUT2D eigenvalue weighted by Gasteiger charge is 2.26. The number of rotatable bonds is 4. The molecule has 3 heterocycles. The third-order valence-corrected chi connectivity index (χ3v) is 7.28. The van der Waals surface area contributed by atoms with Gasteiger partial charge >= 0.3 is 6.09 Å². The highest BCUT2D eigenvalue weighted by atomic mass is 35.5. The minimum atomic E-state index is -0.521. The molecule has 0 N–H and O–H groups in total. The van der Waals surface area contributed by atoms with Crippen molar-refractivity contribution in [3.8, 4) is 11.1 Å². The van der Waals surface area contributed by atoms with Gasteiger partial charge in [-0.1, -0.05) is 29.3 Å². The predicted octanol–water partition coefficient (Wildman–Crippen LogP) is 5.21. The molecule has 0 unspecified atom stereocenters. The van der Waals surface area contributed by atoms with E-state index in [4.69, 9.17) is 27.9 Å². The molecule has 0 bridgehead atoms. The molecule has 39 heavy (non-hydrogen) atoms. The maximum Gasteiger partial charge on any atom is 0.410 e. The standard InChI is InChI=1S/C28H30Cl2N6O3/c1-28(2,3)39-27(38)35-11-9-34(10-12-35)26-31-15-20(16-32-26)18-5-7-22-24(14-18)36(33(4)25(22)37)17-19-13-21(29)6-8-23(19)30/h5-8,13-16H,9-12,17H2,1-4H3. The summed E-state index contributed by atoms with van der Waals surface area (Å²) in [6.07, 6.45) is 3.26. The van der Waals surface area contributed by atoms with E-state index in [1.807, 2.05) is 49.7 Å². The molecule has 1 amide bonds. The predicted molar refractivity (Wildman–Crippen MR) is 154 cm³/mol. The van der Waals surface area contributed by atoms with Crippen LogP contribution in [-0.2, 0) is 18.3 Å². The number of hydrogen-bond acceptors (Lipinski definition) is 6. The summed E-state index contributed by atoms with van der Waals surface area (Å²) in [6, 6.07) is 11.0. The highest BCUT2D eigenvalue weighted by Crippen LogP contribution is 2.26. The van der Waals surface area contributed by atoms with Gasteiger partial charge in [0.25, 0.3) is 5.56 Å². The number of benzene rings is 2. The first kappa shape index (κ1) is 27.0. The van der Waals surface area contributed by atoms with Gasteiger partial charge in [-0.15, -0.1) is 0 Å². The van der Waals surface area contributed by atoms with E-state index in [-0.39, 0.29) is 11.7 Å². The van der Waals surface area contributed by atoms with E-state index >= 15 is 0 Å². The second-order valence-electron chi connectivity index (χ2n) is 10.6. The molecule has 2 aromatic heterocycles. The molecule has 11 heteroatoms.